The fraction of sp³-hybridized carbons (Fsp3) is 0.229. The molecule has 4 rings (SSSR count). The highest BCUT2D eigenvalue weighted by Gasteiger charge is 2.24. The molecular formula is C35H34O6. The van der Waals surface area contributed by atoms with Gasteiger partial charge in [-0.25, -0.2) is 14.4 Å². The van der Waals surface area contributed by atoms with E-state index >= 15 is 0 Å². The quantitative estimate of drug-likeness (QED) is 0.157. The number of rotatable bonds is 9. The summed E-state index contributed by atoms with van der Waals surface area (Å²) in [5, 5.41) is 0. The largest absolute Gasteiger partial charge is 0.462 e. The van der Waals surface area contributed by atoms with Crippen molar-refractivity contribution in [2.24, 2.45) is 0 Å². The second kappa shape index (κ2) is 12.2. The van der Waals surface area contributed by atoms with Gasteiger partial charge in [0.1, 0.15) is 0 Å². The number of fused-ring (bicyclic) bond motifs is 1. The smallest absolute Gasteiger partial charge is 0.338 e. The van der Waals surface area contributed by atoms with Crippen LogP contribution < -0.4 is 9.47 Å². The lowest BCUT2D eigenvalue weighted by Gasteiger charge is -2.15. The Balaban J connectivity index is 1.59. The van der Waals surface area contributed by atoms with Crippen LogP contribution in [0.1, 0.15) is 49.8 Å². The van der Waals surface area contributed by atoms with Crippen molar-refractivity contribution >= 4 is 17.9 Å². The number of carbonyl (C=O) groups excluding carboxylic acids is 3. The normalized spacial score (nSPS) is 13.6. The highest BCUT2D eigenvalue weighted by atomic mass is 16.6. The van der Waals surface area contributed by atoms with E-state index in [0.717, 1.165) is 40.7 Å². The summed E-state index contributed by atoms with van der Waals surface area (Å²) >= 11 is 0. The lowest BCUT2D eigenvalue weighted by molar-refractivity contribution is -0.139. The zero-order valence-electron chi connectivity index (χ0n) is 24.0. The van der Waals surface area contributed by atoms with Gasteiger partial charge in [-0.3, -0.25) is 0 Å². The van der Waals surface area contributed by atoms with Crippen LogP contribution in [0.15, 0.2) is 91.1 Å². The number of esters is 3. The molecule has 0 saturated carbocycles. The maximum atomic E-state index is 12.3. The van der Waals surface area contributed by atoms with Gasteiger partial charge in [-0.15, -0.1) is 0 Å². The summed E-state index contributed by atoms with van der Waals surface area (Å²) in [6.07, 6.45) is 1.87. The lowest BCUT2D eigenvalue weighted by atomic mass is 9.93. The van der Waals surface area contributed by atoms with E-state index in [1.54, 1.807) is 32.9 Å². The van der Waals surface area contributed by atoms with Crippen molar-refractivity contribution in [1.82, 2.24) is 0 Å². The Kier molecular flexibility index (Phi) is 8.72. The second-order valence-electron chi connectivity index (χ2n) is 10.6. The van der Waals surface area contributed by atoms with Crippen LogP contribution in [0.5, 0.6) is 11.5 Å². The van der Waals surface area contributed by atoms with Crippen LogP contribution in [0.3, 0.4) is 0 Å². The first-order valence-electron chi connectivity index (χ1n) is 13.4. The molecule has 1 unspecified atom stereocenters. The molecule has 3 aromatic carbocycles. The summed E-state index contributed by atoms with van der Waals surface area (Å²) in [7, 11) is 0. The molecule has 1 aliphatic carbocycles. The van der Waals surface area contributed by atoms with Crippen molar-refractivity contribution < 1.29 is 28.6 Å². The van der Waals surface area contributed by atoms with Crippen LogP contribution in [-0.2, 0) is 25.5 Å². The van der Waals surface area contributed by atoms with Crippen LogP contribution in [0, 0.1) is 6.92 Å². The van der Waals surface area contributed by atoms with Crippen molar-refractivity contribution in [3.63, 3.8) is 0 Å². The van der Waals surface area contributed by atoms with E-state index in [4.69, 9.17) is 14.2 Å². The van der Waals surface area contributed by atoms with Crippen LogP contribution >= 0.6 is 0 Å². The minimum Gasteiger partial charge on any atom is -0.462 e. The highest BCUT2D eigenvalue weighted by molar-refractivity contribution is 5.91. The molecule has 0 N–H and O–H groups in total. The molecule has 1 atom stereocenters. The number of hydrogen-bond acceptors (Lipinski definition) is 6. The monoisotopic (exact) mass is 550 g/mol. The van der Waals surface area contributed by atoms with Crippen LogP contribution in [0.25, 0.3) is 22.3 Å². The van der Waals surface area contributed by atoms with E-state index in [1.165, 1.54) is 11.1 Å². The molecule has 0 heterocycles. The van der Waals surface area contributed by atoms with Gasteiger partial charge in [0, 0.05) is 22.6 Å². The van der Waals surface area contributed by atoms with Crippen LogP contribution in [0.4, 0.5) is 0 Å². The first kappa shape index (κ1) is 29.3. The zero-order chi connectivity index (χ0) is 29.8. The number of benzene rings is 3. The summed E-state index contributed by atoms with van der Waals surface area (Å²) in [5.74, 6) is -1.15. The van der Waals surface area contributed by atoms with Gasteiger partial charge in [0.25, 0.3) is 0 Å². The molecule has 0 bridgehead atoms. The first-order chi connectivity index (χ1) is 19.4. The van der Waals surface area contributed by atoms with Crippen LogP contribution in [0.2, 0.25) is 0 Å². The summed E-state index contributed by atoms with van der Waals surface area (Å²) in [5.41, 5.74) is 8.30. The van der Waals surface area contributed by atoms with Gasteiger partial charge in [0.05, 0.1) is 6.61 Å². The van der Waals surface area contributed by atoms with Gasteiger partial charge in [0.2, 0.25) is 0 Å². The molecule has 210 valence electrons. The van der Waals surface area contributed by atoms with Crippen molar-refractivity contribution in [2.45, 2.75) is 46.5 Å². The first-order valence-corrected chi connectivity index (χ1v) is 13.4. The van der Waals surface area contributed by atoms with Gasteiger partial charge in [-0.05, 0) is 91.6 Å². The molecule has 0 aromatic heterocycles. The predicted molar refractivity (Wildman–Crippen MR) is 160 cm³/mol. The lowest BCUT2D eigenvalue weighted by Crippen LogP contribution is -2.12. The Labute approximate surface area is 241 Å². The van der Waals surface area contributed by atoms with Gasteiger partial charge in [-0.2, -0.15) is 0 Å². The zero-order valence-corrected chi connectivity index (χ0v) is 24.0. The average Bonchev–Trinajstić information content (AvgIpc) is 3.34. The molecule has 0 amide bonds. The number of aryl methyl sites for hydroxylation is 2. The van der Waals surface area contributed by atoms with E-state index in [1.807, 2.05) is 19.1 Å². The van der Waals surface area contributed by atoms with E-state index in [9.17, 15) is 14.4 Å². The molecule has 41 heavy (non-hydrogen) atoms. The maximum absolute atomic E-state index is 12.3. The summed E-state index contributed by atoms with van der Waals surface area (Å²) in [4.78, 5) is 36.2. The SMILES string of the molecule is C=C(C)C(=O)OCC1CCc2cc(-c3ccc(-c4ccc(OC(=O)C(=C)C)c(OC(=O)C(=C)C)c4)c(C)c3)ccc21. The van der Waals surface area contributed by atoms with E-state index in [0.29, 0.717) is 12.2 Å². The average molecular weight is 551 g/mol. The van der Waals surface area contributed by atoms with Crippen molar-refractivity contribution in [1.29, 1.82) is 0 Å². The molecule has 0 saturated heterocycles. The number of ether oxygens (including phenoxy) is 3. The van der Waals surface area contributed by atoms with E-state index in [-0.39, 0.29) is 34.5 Å². The Bertz CT molecular complexity index is 1590. The van der Waals surface area contributed by atoms with E-state index in [2.05, 4.69) is 50.1 Å². The molecule has 3 aromatic rings. The summed E-state index contributed by atoms with van der Waals surface area (Å²) < 4.78 is 16.3. The van der Waals surface area contributed by atoms with Gasteiger partial charge in [0.15, 0.2) is 11.5 Å². The molecule has 6 heteroatoms. The third-order valence-corrected chi connectivity index (χ3v) is 7.03. The molecule has 0 radical (unpaired) electrons. The molecule has 0 aliphatic heterocycles. The van der Waals surface area contributed by atoms with Crippen molar-refractivity contribution in [2.75, 3.05) is 6.61 Å². The van der Waals surface area contributed by atoms with Crippen molar-refractivity contribution in [3.05, 3.63) is 108 Å². The topological polar surface area (TPSA) is 78.9 Å². The fourth-order valence-corrected chi connectivity index (χ4v) is 4.74. The van der Waals surface area contributed by atoms with Crippen LogP contribution in [-0.4, -0.2) is 24.5 Å². The second-order valence-corrected chi connectivity index (χ2v) is 10.6. The Hall–Kier alpha value is -4.71. The number of hydrogen-bond donors (Lipinski definition) is 0. The molecule has 0 spiro atoms. The highest BCUT2D eigenvalue weighted by Crippen LogP contribution is 2.38. The van der Waals surface area contributed by atoms with Gasteiger partial charge < -0.3 is 14.2 Å². The Morgan fingerprint density at radius 3 is 1.95 bits per heavy atom. The standard InChI is InChI=1S/C35H34O6/c1-20(2)33(36)39-19-28-9-8-26-17-25(11-14-30(26)28)24-10-13-29(23(7)16-24)27-12-15-31(40-34(37)21(3)4)32(18-27)41-35(38)22(5)6/h10-18,28H,1,3,5,8-9,19H2,2,4,6-7H3. The fourth-order valence-electron chi connectivity index (χ4n) is 4.74. The molecule has 1 aliphatic rings. The van der Waals surface area contributed by atoms with Gasteiger partial charge >= 0.3 is 17.9 Å². The Morgan fingerprint density at radius 1 is 0.732 bits per heavy atom. The third-order valence-electron chi connectivity index (χ3n) is 7.03. The minimum atomic E-state index is -0.616. The number of carbonyl (C=O) groups is 3. The predicted octanol–water partition coefficient (Wildman–Crippen LogP) is 7.44. The minimum absolute atomic E-state index is 0.121. The molecule has 0 fully saturated rings. The van der Waals surface area contributed by atoms with Gasteiger partial charge in [-0.1, -0.05) is 62.2 Å². The maximum Gasteiger partial charge on any atom is 0.338 e. The van der Waals surface area contributed by atoms with E-state index < -0.39 is 11.9 Å². The third kappa shape index (κ3) is 6.72. The molecule has 6 nitrogen and oxygen atoms in total. The molecular weight excluding hydrogens is 516 g/mol. The van der Waals surface area contributed by atoms with Crippen molar-refractivity contribution in [3.8, 4) is 33.8 Å². The summed E-state index contributed by atoms with van der Waals surface area (Å²) in [6.45, 7) is 18.0. The summed E-state index contributed by atoms with van der Waals surface area (Å²) in [6, 6.07) is 17.7. The Morgan fingerprint density at radius 2 is 1.32 bits per heavy atom.